The number of rotatable bonds is 5. The Morgan fingerprint density at radius 3 is 2.32 bits per heavy atom. The molecule has 2 unspecified atom stereocenters. The van der Waals surface area contributed by atoms with Crippen LogP contribution in [-0.4, -0.2) is 23.4 Å². The number of benzene rings is 1. The van der Waals surface area contributed by atoms with E-state index >= 15 is 0 Å². The Morgan fingerprint density at radius 1 is 1.32 bits per heavy atom. The molecule has 0 amide bonds. The Labute approximate surface area is 127 Å². The number of carbonyl (C=O) groups is 2. The summed E-state index contributed by atoms with van der Waals surface area (Å²) in [5.41, 5.74) is -0.207. The number of carboxylic acids is 1. The first kappa shape index (κ1) is 18.0. The molecule has 0 saturated carbocycles. The molecule has 0 heterocycles. The second-order valence-corrected chi connectivity index (χ2v) is 4.43. The van der Waals surface area contributed by atoms with Crippen molar-refractivity contribution in [2.45, 2.75) is 31.7 Å². The third kappa shape index (κ3) is 4.86. The molecule has 1 rings (SSSR count). The van der Waals surface area contributed by atoms with Crippen LogP contribution in [0.15, 0.2) is 24.3 Å². The van der Waals surface area contributed by atoms with E-state index in [-0.39, 0.29) is 33.6 Å². The summed E-state index contributed by atoms with van der Waals surface area (Å²) in [6, 6.07) is 5.76. The predicted octanol–water partition coefficient (Wildman–Crippen LogP) is 1.61. The first-order chi connectivity index (χ1) is 8.47. The van der Waals surface area contributed by atoms with Crippen LogP contribution in [0.3, 0.4) is 0 Å². The molecule has 0 saturated heterocycles. The quantitative estimate of drug-likeness (QED) is 0.466. The van der Waals surface area contributed by atoms with Gasteiger partial charge in [-0.25, -0.2) is 4.79 Å². The molecule has 2 atom stereocenters. The summed E-state index contributed by atoms with van der Waals surface area (Å²) in [6.45, 7) is 3.54. The maximum absolute atomic E-state index is 11.8. The number of esters is 1. The smallest absolute Gasteiger partial charge is 0.545 e. The fourth-order valence-electron chi connectivity index (χ4n) is 1.48. The Balaban J connectivity index is 0.00000324. The van der Waals surface area contributed by atoms with E-state index in [1.165, 1.54) is 18.2 Å². The molecular weight excluding hydrogens is 319 g/mol. The van der Waals surface area contributed by atoms with E-state index < -0.39 is 18.0 Å². The number of carboxylic acid groups (broad SMARTS) is 1. The predicted molar refractivity (Wildman–Crippen MR) is 65.6 cm³/mol. The molecule has 0 fully saturated rings. The van der Waals surface area contributed by atoms with Crippen molar-refractivity contribution in [3.8, 4) is 0 Å². The van der Waals surface area contributed by atoms with Crippen molar-refractivity contribution in [3.63, 3.8) is 0 Å². The van der Waals surface area contributed by atoms with Crippen molar-refractivity contribution in [2.75, 3.05) is 0 Å². The molecule has 0 N–H and O–H groups in total. The Kier molecular flexibility index (Phi) is 7.76. The third-order valence-electron chi connectivity index (χ3n) is 2.56. The summed E-state index contributed by atoms with van der Waals surface area (Å²) >= 11 is 5.94. The van der Waals surface area contributed by atoms with Crippen LogP contribution in [0.4, 0.5) is 0 Å². The monoisotopic (exact) mass is 332 g/mol. The molecule has 0 radical (unpaired) electrons. The Bertz CT molecular complexity index is 450. The zero-order valence-corrected chi connectivity index (χ0v) is 12.2. The zero-order chi connectivity index (χ0) is 13.7. The number of ether oxygens (including phenoxy) is 1. The maximum atomic E-state index is 11.8. The van der Waals surface area contributed by atoms with Gasteiger partial charge in [0.1, 0.15) is 6.10 Å². The summed E-state index contributed by atoms with van der Waals surface area (Å²) in [5.74, 6) is -2.12. The van der Waals surface area contributed by atoms with E-state index in [4.69, 9.17) is 16.3 Å². The van der Waals surface area contributed by atoms with Gasteiger partial charge in [-0.1, -0.05) is 25.1 Å². The maximum Gasteiger partial charge on any atom is 1.00 e. The molecule has 6 heteroatoms. The van der Waals surface area contributed by atoms with Gasteiger partial charge in [0, 0.05) is 5.56 Å². The van der Waals surface area contributed by atoms with Crippen LogP contribution in [-0.2, 0) is 21.8 Å². The van der Waals surface area contributed by atoms with Crippen molar-refractivity contribution in [3.05, 3.63) is 35.4 Å². The number of hydrogen-bond acceptors (Lipinski definition) is 4. The second-order valence-electron chi connectivity index (χ2n) is 3.87. The summed E-state index contributed by atoms with van der Waals surface area (Å²) in [7, 11) is 0. The van der Waals surface area contributed by atoms with E-state index in [0.29, 0.717) is 6.42 Å². The largest absolute Gasteiger partial charge is 1.00 e. The van der Waals surface area contributed by atoms with Gasteiger partial charge < -0.3 is 14.6 Å². The zero-order valence-electron chi connectivity index (χ0n) is 10.5. The first-order valence-electron chi connectivity index (χ1n) is 5.62. The fraction of sp³-hybridized carbons (Fsp3) is 0.385. The summed E-state index contributed by atoms with van der Waals surface area (Å²) in [4.78, 5) is 22.7. The number of alkyl halides is 1. The molecular formula is C13H14ClCuO4. The molecule has 1 aromatic carbocycles. The average Bonchev–Trinajstić information content (AvgIpc) is 2.37. The van der Waals surface area contributed by atoms with Crippen LogP contribution < -0.4 is 5.11 Å². The Hall–Kier alpha value is -1.03. The van der Waals surface area contributed by atoms with Gasteiger partial charge in [-0.2, -0.15) is 0 Å². The van der Waals surface area contributed by atoms with Crippen LogP contribution >= 0.6 is 11.6 Å². The van der Waals surface area contributed by atoms with E-state index in [1.54, 1.807) is 13.0 Å². The number of halogens is 1. The number of carbonyl (C=O) groups excluding carboxylic acids is 2. The van der Waals surface area contributed by atoms with Gasteiger partial charge in [-0.3, -0.25) is 0 Å². The first-order valence-corrected chi connectivity index (χ1v) is 6.06. The molecule has 0 spiro atoms. The van der Waals surface area contributed by atoms with Crippen molar-refractivity contribution in [1.82, 2.24) is 0 Å². The van der Waals surface area contributed by atoms with Crippen molar-refractivity contribution < 1.29 is 36.5 Å². The van der Waals surface area contributed by atoms with E-state index in [9.17, 15) is 14.7 Å². The van der Waals surface area contributed by atoms with Gasteiger partial charge in [-0.15, -0.1) is 11.6 Å². The summed E-state index contributed by atoms with van der Waals surface area (Å²) < 4.78 is 5.12. The summed E-state index contributed by atoms with van der Waals surface area (Å²) in [6.07, 6.45) is 0.164. The SMILES string of the molecule is CCC(Cl)C(C)OC(=O)c1ccccc1C(=O)[O-].[Cu+]. The molecule has 0 aromatic heterocycles. The molecule has 0 bridgehead atoms. The number of hydrogen-bond donors (Lipinski definition) is 0. The van der Waals surface area contributed by atoms with E-state index in [1.807, 2.05) is 6.92 Å². The van der Waals surface area contributed by atoms with Gasteiger partial charge in [0.25, 0.3) is 0 Å². The van der Waals surface area contributed by atoms with Crippen LogP contribution in [0.25, 0.3) is 0 Å². The molecule has 4 nitrogen and oxygen atoms in total. The molecule has 1 aromatic rings. The van der Waals surface area contributed by atoms with Gasteiger partial charge in [0.2, 0.25) is 0 Å². The summed E-state index contributed by atoms with van der Waals surface area (Å²) in [5, 5.41) is 10.6. The van der Waals surface area contributed by atoms with E-state index in [2.05, 4.69) is 0 Å². The molecule has 0 aliphatic rings. The average molecular weight is 333 g/mol. The van der Waals surface area contributed by atoms with Crippen LogP contribution in [0.5, 0.6) is 0 Å². The standard InChI is InChI=1S/C13H15ClO4.Cu/c1-3-11(14)8(2)18-13(17)10-7-5-4-6-9(10)12(15)16;/h4-8,11H,3H2,1-2H3,(H,15,16);/q;+1/p-1. The van der Waals surface area contributed by atoms with Crippen LogP contribution in [0.2, 0.25) is 0 Å². The molecule has 108 valence electrons. The van der Waals surface area contributed by atoms with E-state index in [0.717, 1.165) is 0 Å². The molecule has 0 aliphatic heterocycles. The van der Waals surface area contributed by atoms with Gasteiger partial charge in [0.05, 0.1) is 16.9 Å². The van der Waals surface area contributed by atoms with Crippen LogP contribution in [0.1, 0.15) is 41.0 Å². The van der Waals surface area contributed by atoms with Gasteiger partial charge in [-0.05, 0) is 19.4 Å². The third-order valence-corrected chi connectivity index (χ3v) is 3.22. The van der Waals surface area contributed by atoms with Gasteiger partial charge >= 0.3 is 23.0 Å². The van der Waals surface area contributed by atoms with Crippen molar-refractivity contribution >= 4 is 23.5 Å². The normalized spacial score (nSPS) is 13.0. The number of aromatic carboxylic acids is 1. The fourth-order valence-corrected chi connectivity index (χ4v) is 1.53. The Morgan fingerprint density at radius 2 is 1.84 bits per heavy atom. The minimum atomic E-state index is -1.41. The van der Waals surface area contributed by atoms with Crippen molar-refractivity contribution in [1.29, 1.82) is 0 Å². The minimum Gasteiger partial charge on any atom is -0.545 e. The topological polar surface area (TPSA) is 66.4 Å². The van der Waals surface area contributed by atoms with Gasteiger partial charge in [0.15, 0.2) is 0 Å². The van der Waals surface area contributed by atoms with Crippen molar-refractivity contribution in [2.24, 2.45) is 0 Å². The second kappa shape index (κ2) is 8.20. The minimum absolute atomic E-state index is 0. The molecule has 0 aliphatic carbocycles. The molecule has 19 heavy (non-hydrogen) atoms. The van der Waals surface area contributed by atoms with Crippen LogP contribution in [0, 0.1) is 0 Å².